The van der Waals surface area contributed by atoms with E-state index in [4.69, 9.17) is 4.74 Å². The number of nitrogens with zero attached hydrogens (tertiary/aromatic N) is 2. The Bertz CT molecular complexity index is 813. The SMILES string of the molecule is CC(Oc1ccc(C(C)C)cc1)C(=O)NC1CCN(C(=O)c2ccncc2)CC1. The summed E-state index contributed by atoms with van der Waals surface area (Å²) in [6.45, 7) is 7.29. The van der Waals surface area contributed by atoms with Crippen molar-refractivity contribution >= 4 is 11.8 Å². The van der Waals surface area contributed by atoms with Crippen molar-refractivity contribution in [3.8, 4) is 5.75 Å². The molecule has 3 rings (SSSR count). The van der Waals surface area contributed by atoms with E-state index in [0.717, 1.165) is 12.8 Å². The Morgan fingerprint density at radius 3 is 2.24 bits per heavy atom. The Kier molecular flexibility index (Phi) is 6.86. The molecule has 1 aromatic carbocycles. The lowest BCUT2D eigenvalue weighted by Gasteiger charge is -2.33. The summed E-state index contributed by atoms with van der Waals surface area (Å²) in [4.78, 5) is 30.8. The average Bonchev–Trinajstić information content (AvgIpc) is 2.74. The molecule has 1 aliphatic rings. The van der Waals surface area contributed by atoms with Crippen LogP contribution in [0.25, 0.3) is 0 Å². The number of aromatic nitrogens is 1. The van der Waals surface area contributed by atoms with Crippen LogP contribution in [0.15, 0.2) is 48.8 Å². The second kappa shape index (κ2) is 9.54. The van der Waals surface area contributed by atoms with E-state index in [-0.39, 0.29) is 17.9 Å². The maximum atomic E-state index is 12.5. The Morgan fingerprint density at radius 2 is 1.66 bits per heavy atom. The summed E-state index contributed by atoms with van der Waals surface area (Å²) in [7, 11) is 0. The van der Waals surface area contributed by atoms with E-state index in [1.165, 1.54) is 5.56 Å². The zero-order chi connectivity index (χ0) is 20.8. The first-order valence-corrected chi connectivity index (χ1v) is 10.2. The minimum Gasteiger partial charge on any atom is -0.481 e. The van der Waals surface area contributed by atoms with Crippen molar-refractivity contribution in [2.75, 3.05) is 13.1 Å². The number of pyridine rings is 1. The molecule has 2 amide bonds. The smallest absolute Gasteiger partial charge is 0.260 e. The summed E-state index contributed by atoms with van der Waals surface area (Å²) in [6, 6.07) is 11.4. The number of nitrogens with one attached hydrogen (secondary N) is 1. The molecular formula is C23H29N3O3. The minimum absolute atomic E-state index is 0.0127. The molecule has 154 valence electrons. The van der Waals surface area contributed by atoms with Crippen LogP contribution in [0.2, 0.25) is 0 Å². The zero-order valence-electron chi connectivity index (χ0n) is 17.3. The highest BCUT2D eigenvalue weighted by molar-refractivity contribution is 5.94. The molecule has 1 unspecified atom stereocenters. The standard InChI is InChI=1S/C23H29N3O3/c1-16(2)18-4-6-21(7-5-18)29-17(3)22(27)25-20-10-14-26(15-11-20)23(28)19-8-12-24-13-9-19/h4-9,12-13,16-17,20H,10-11,14-15H2,1-3H3,(H,25,27). The highest BCUT2D eigenvalue weighted by Gasteiger charge is 2.26. The average molecular weight is 396 g/mol. The molecule has 6 nitrogen and oxygen atoms in total. The molecule has 6 heteroatoms. The van der Waals surface area contributed by atoms with Crippen LogP contribution in [0, 0.1) is 0 Å². The summed E-state index contributed by atoms with van der Waals surface area (Å²) in [5.41, 5.74) is 1.88. The number of carbonyl (C=O) groups excluding carboxylic acids is 2. The lowest BCUT2D eigenvalue weighted by molar-refractivity contribution is -0.128. The molecular weight excluding hydrogens is 366 g/mol. The Balaban J connectivity index is 1.46. The molecule has 1 saturated heterocycles. The molecule has 0 radical (unpaired) electrons. The van der Waals surface area contributed by atoms with Crippen LogP contribution in [-0.2, 0) is 4.79 Å². The molecule has 1 fully saturated rings. The van der Waals surface area contributed by atoms with Crippen LogP contribution >= 0.6 is 0 Å². The summed E-state index contributed by atoms with van der Waals surface area (Å²) >= 11 is 0. The predicted octanol–water partition coefficient (Wildman–Crippen LogP) is 3.39. The maximum absolute atomic E-state index is 12.5. The van der Waals surface area contributed by atoms with Gasteiger partial charge in [-0.15, -0.1) is 0 Å². The molecule has 1 N–H and O–H groups in total. The van der Waals surface area contributed by atoms with E-state index in [1.54, 1.807) is 31.5 Å². The highest BCUT2D eigenvalue weighted by Crippen LogP contribution is 2.20. The number of benzene rings is 1. The number of carbonyl (C=O) groups is 2. The molecule has 1 aromatic heterocycles. The van der Waals surface area contributed by atoms with Crippen molar-refractivity contribution < 1.29 is 14.3 Å². The normalized spacial score (nSPS) is 15.8. The van der Waals surface area contributed by atoms with Crippen LogP contribution in [0.4, 0.5) is 0 Å². The number of ether oxygens (including phenoxy) is 1. The molecule has 0 aliphatic carbocycles. The van der Waals surface area contributed by atoms with Gasteiger partial charge in [-0.05, 0) is 55.5 Å². The van der Waals surface area contributed by atoms with E-state index >= 15 is 0 Å². The lowest BCUT2D eigenvalue weighted by Crippen LogP contribution is -2.49. The van der Waals surface area contributed by atoms with Crippen molar-refractivity contribution in [1.82, 2.24) is 15.2 Å². The van der Waals surface area contributed by atoms with Crippen LogP contribution in [-0.4, -0.2) is 46.9 Å². The number of hydrogen-bond acceptors (Lipinski definition) is 4. The summed E-state index contributed by atoms with van der Waals surface area (Å²) in [6.07, 6.45) is 4.14. The fourth-order valence-electron chi connectivity index (χ4n) is 3.41. The van der Waals surface area contributed by atoms with Gasteiger partial charge >= 0.3 is 0 Å². The Labute approximate surface area is 172 Å². The number of rotatable bonds is 6. The quantitative estimate of drug-likeness (QED) is 0.814. The number of piperidine rings is 1. The lowest BCUT2D eigenvalue weighted by atomic mass is 10.0. The van der Waals surface area contributed by atoms with E-state index in [0.29, 0.717) is 30.3 Å². The topological polar surface area (TPSA) is 71.5 Å². The van der Waals surface area contributed by atoms with Gasteiger partial charge in [0.2, 0.25) is 0 Å². The molecule has 0 saturated carbocycles. The summed E-state index contributed by atoms with van der Waals surface area (Å²) < 4.78 is 5.79. The Hall–Kier alpha value is -2.89. The molecule has 0 spiro atoms. The van der Waals surface area contributed by atoms with Crippen LogP contribution in [0.3, 0.4) is 0 Å². The molecule has 0 bridgehead atoms. The number of likely N-dealkylation sites (tertiary alicyclic amines) is 1. The van der Waals surface area contributed by atoms with Gasteiger partial charge in [0.25, 0.3) is 11.8 Å². The van der Waals surface area contributed by atoms with Gasteiger partial charge in [-0.2, -0.15) is 0 Å². The van der Waals surface area contributed by atoms with Crippen molar-refractivity contribution in [2.45, 2.75) is 51.7 Å². The van der Waals surface area contributed by atoms with Crippen molar-refractivity contribution in [3.05, 3.63) is 59.9 Å². The van der Waals surface area contributed by atoms with Crippen molar-refractivity contribution in [2.24, 2.45) is 0 Å². The summed E-state index contributed by atoms with van der Waals surface area (Å²) in [5.74, 6) is 1.03. The van der Waals surface area contributed by atoms with Gasteiger partial charge in [0.15, 0.2) is 6.10 Å². The monoisotopic (exact) mass is 395 g/mol. The van der Waals surface area contributed by atoms with Crippen LogP contribution < -0.4 is 10.1 Å². The molecule has 2 aromatic rings. The third kappa shape index (κ3) is 5.56. The third-order valence-electron chi connectivity index (χ3n) is 5.28. The molecule has 2 heterocycles. The van der Waals surface area contributed by atoms with Gasteiger partial charge in [-0.1, -0.05) is 26.0 Å². The summed E-state index contributed by atoms with van der Waals surface area (Å²) in [5, 5.41) is 3.06. The van der Waals surface area contributed by atoms with E-state index < -0.39 is 6.10 Å². The van der Waals surface area contributed by atoms with Crippen molar-refractivity contribution in [1.29, 1.82) is 0 Å². The van der Waals surface area contributed by atoms with Crippen LogP contribution in [0.1, 0.15) is 55.5 Å². The number of hydrogen-bond donors (Lipinski definition) is 1. The van der Waals surface area contributed by atoms with Gasteiger partial charge < -0.3 is 15.0 Å². The van der Waals surface area contributed by atoms with E-state index in [2.05, 4.69) is 24.1 Å². The largest absolute Gasteiger partial charge is 0.481 e. The van der Waals surface area contributed by atoms with E-state index in [9.17, 15) is 9.59 Å². The first kappa shape index (κ1) is 20.8. The van der Waals surface area contributed by atoms with Gasteiger partial charge in [0.1, 0.15) is 5.75 Å². The molecule has 1 atom stereocenters. The minimum atomic E-state index is -0.573. The van der Waals surface area contributed by atoms with Crippen LogP contribution in [0.5, 0.6) is 5.75 Å². The predicted molar refractivity (Wildman–Crippen MR) is 112 cm³/mol. The highest BCUT2D eigenvalue weighted by atomic mass is 16.5. The van der Waals surface area contributed by atoms with Crippen molar-refractivity contribution in [3.63, 3.8) is 0 Å². The van der Waals surface area contributed by atoms with Gasteiger partial charge in [0, 0.05) is 37.1 Å². The second-order valence-corrected chi connectivity index (χ2v) is 7.79. The third-order valence-corrected chi connectivity index (χ3v) is 5.28. The second-order valence-electron chi connectivity index (χ2n) is 7.79. The zero-order valence-corrected chi connectivity index (χ0v) is 17.3. The van der Waals surface area contributed by atoms with Gasteiger partial charge in [-0.3, -0.25) is 14.6 Å². The molecule has 29 heavy (non-hydrogen) atoms. The fraction of sp³-hybridized carbons (Fsp3) is 0.435. The fourth-order valence-corrected chi connectivity index (χ4v) is 3.41. The van der Waals surface area contributed by atoms with E-state index in [1.807, 2.05) is 29.2 Å². The first-order valence-electron chi connectivity index (χ1n) is 10.2. The first-order chi connectivity index (χ1) is 13.9. The van der Waals surface area contributed by atoms with Gasteiger partial charge in [-0.25, -0.2) is 0 Å². The maximum Gasteiger partial charge on any atom is 0.260 e. The van der Waals surface area contributed by atoms with Gasteiger partial charge in [0.05, 0.1) is 0 Å². The number of amides is 2. The Morgan fingerprint density at radius 1 is 1.03 bits per heavy atom. The molecule has 1 aliphatic heterocycles.